The van der Waals surface area contributed by atoms with Crippen molar-refractivity contribution in [3.63, 3.8) is 0 Å². The number of hydrogen-bond donors (Lipinski definition) is 1. The van der Waals surface area contributed by atoms with Crippen molar-refractivity contribution in [2.45, 2.75) is 0 Å². The summed E-state index contributed by atoms with van der Waals surface area (Å²) in [5.41, 5.74) is -0.351. The Morgan fingerprint density at radius 1 is 1.43 bits per heavy atom. The lowest BCUT2D eigenvalue weighted by Gasteiger charge is -2.00. The van der Waals surface area contributed by atoms with Gasteiger partial charge in [-0.15, -0.1) is 24.8 Å². The fraction of sp³-hybridized carbons (Fsp3) is 0.125. The molecule has 0 aliphatic rings. The number of carbonyl (C=O) groups is 1. The van der Waals surface area contributed by atoms with Crippen molar-refractivity contribution in [3.05, 3.63) is 29.6 Å². The second-order valence-electron chi connectivity index (χ2n) is 2.15. The molecular formula is C8H9Cl2FO3. The van der Waals surface area contributed by atoms with Gasteiger partial charge in [0.1, 0.15) is 11.6 Å². The first-order valence-electron chi connectivity index (χ1n) is 3.22. The third-order valence-electron chi connectivity index (χ3n) is 1.41. The van der Waals surface area contributed by atoms with Crippen molar-refractivity contribution in [2.24, 2.45) is 0 Å². The maximum absolute atomic E-state index is 12.8. The number of carboxylic acids is 1. The summed E-state index contributed by atoms with van der Waals surface area (Å²) in [7, 11) is 1.38. The van der Waals surface area contributed by atoms with Gasteiger partial charge in [-0.2, -0.15) is 0 Å². The highest BCUT2D eigenvalue weighted by Crippen LogP contribution is 2.15. The van der Waals surface area contributed by atoms with E-state index in [1.807, 2.05) is 0 Å². The summed E-state index contributed by atoms with van der Waals surface area (Å²) in [5.74, 6) is -1.77. The molecule has 3 nitrogen and oxygen atoms in total. The van der Waals surface area contributed by atoms with Crippen molar-refractivity contribution in [3.8, 4) is 5.75 Å². The molecule has 6 heteroatoms. The van der Waals surface area contributed by atoms with E-state index in [1.165, 1.54) is 13.2 Å². The first-order chi connectivity index (χ1) is 5.65. The quantitative estimate of drug-likeness (QED) is 0.867. The lowest BCUT2D eigenvalue weighted by atomic mass is 10.2. The molecule has 0 unspecified atom stereocenters. The Hall–Kier alpha value is -1.00. The van der Waals surface area contributed by atoms with Gasteiger partial charge in [0, 0.05) is 6.07 Å². The molecule has 0 saturated heterocycles. The molecule has 0 fully saturated rings. The molecule has 0 heterocycles. The molecule has 0 atom stereocenters. The number of ether oxygens (including phenoxy) is 1. The highest BCUT2D eigenvalue weighted by Gasteiger charge is 2.09. The molecule has 80 valence electrons. The Kier molecular flexibility index (Phi) is 7.13. The summed E-state index contributed by atoms with van der Waals surface area (Å²) < 4.78 is 17.5. The number of halogens is 3. The van der Waals surface area contributed by atoms with Crippen molar-refractivity contribution in [2.75, 3.05) is 7.11 Å². The molecule has 14 heavy (non-hydrogen) atoms. The molecule has 0 spiro atoms. The van der Waals surface area contributed by atoms with Gasteiger partial charge >= 0.3 is 5.97 Å². The standard InChI is InChI=1S/C8H7FO3.2ClH/c1-12-5-2-3-6(8(10)11)7(9)4-5;;/h2-4H,1H3,(H,10,11);2*1H. The first kappa shape index (κ1) is 15.5. The minimum atomic E-state index is -1.28. The van der Waals surface area contributed by atoms with E-state index in [9.17, 15) is 9.18 Å². The third-order valence-corrected chi connectivity index (χ3v) is 1.41. The summed E-state index contributed by atoms with van der Waals surface area (Å²) in [5, 5.41) is 8.45. The highest BCUT2D eigenvalue weighted by molar-refractivity contribution is 5.88. The number of carboxylic acid groups (broad SMARTS) is 1. The SMILES string of the molecule is COc1ccc(C(=O)O)c(F)c1.Cl.Cl. The molecule has 0 bridgehead atoms. The Balaban J connectivity index is 0. The average Bonchev–Trinajstić information content (AvgIpc) is 2.03. The van der Waals surface area contributed by atoms with Crippen LogP contribution >= 0.6 is 24.8 Å². The molecule has 0 radical (unpaired) electrons. The van der Waals surface area contributed by atoms with E-state index in [1.54, 1.807) is 0 Å². The van der Waals surface area contributed by atoms with Crippen LogP contribution in [0.1, 0.15) is 10.4 Å². The van der Waals surface area contributed by atoms with Crippen LogP contribution in [0, 0.1) is 5.82 Å². The van der Waals surface area contributed by atoms with E-state index in [4.69, 9.17) is 9.84 Å². The van der Waals surface area contributed by atoms with Crippen LogP contribution in [-0.2, 0) is 0 Å². The second kappa shape index (κ2) is 6.45. The smallest absolute Gasteiger partial charge is 0.338 e. The Morgan fingerprint density at radius 2 is 2.00 bits per heavy atom. The van der Waals surface area contributed by atoms with Crippen LogP contribution in [0.4, 0.5) is 4.39 Å². The number of hydrogen-bond acceptors (Lipinski definition) is 2. The van der Waals surface area contributed by atoms with Crippen LogP contribution < -0.4 is 4.74 Å². The van der Waals surface area contributed by atoms with Gasteiger partial charge in [-0.1, -0.05) is 0 Å². The van der Waals surface area contributed by atoms with E-state index in [2.05, 4.69) is 0 Å². The van der Waals surface area contributed by atoms with Gasteiger partial charge in [-0.3, -0.25) is 0 Å². The fourth-order valence-electron chi connectivity index (χ4n) is 0.796. The van der Waals surface area contributed by atoms with Crippen molar-refractivity contribution < 1.29 is 19.0 Å². The predicted molar refractivity (Wildman–Crippen MR) is 54.4 cm³/mol. The van der Waals surface area contributed by atoms with Gasteiger partial charge in [0.15, 0.2) is 0 Å². The molecule has 0 aliphatic heterocycles. The van der Waals surface area contributed by atoms with E-state index < -0.39 is 11.8 Å². The third kappa shape index (κ3) is 3.40. The van der Waals surface area contributed by atoms with E-state index >= 15 is 0 Å². The second-order valence-corrected chi connectivity index (χ2v) is 2.15. The fourth-order valence-corrected chi connectivity index (χ4v) is 0.796. The zero-order valence-corrected chi connectivity index (χ0v) is 8.82. The molecule has 0 aliphatic carbocycles. The van der Waals surface area contributed by atoms with Crippen LogP contribution in [0.5, 0.6) is 5.75 Å². The van der Waals surface area contributed by atoms with Crippen LogP contribution in [0.15, 0.2) is 18.2 Å². The minimum absolute atomic E-state index is 0. The Bertz CT molecular complexity index is 317. The summed E-state index contributed by atoms with van der Waals surface area (Å²) in [6.07, 6.45) is 0. The van der Waals surface area contributed by atoms with Gasteiger partial charge in [0.05, 0.1) is 12.7 Å². The van der Waals surface area contributed by atoms with E-state index in [0.717, 1.165) is 12.1 Å². The largest absolute Gasteiger partial charge is 0.497 e. The van der Waals surface area contributed by atoms with Crippen molar-refractivity contribution in [1.82, 2.24) is 0 Å². The molecule has 1 N–H and O–H groups in total. The van der Waals surface area contributed by atoms with Gasteiger partial charge in [0.2, 0.25) is 0 Å². The van der Waals surface area contributed by atoms with Crippen LogP contribution in [0.2, 0.25) is 0 Å². The zero-order chi connectivity index (χ0) is 9.14. The summed E-state index contributed by atoms with van der Waals surface area (Å²) in [4.78, 5) is 10.3. The summed E-state index contributed by atoms with van der Waals surface area (Å²) in [6.45, 7) is 0. The topological polar surface area (TPSA) is 46.5 Å². The van der Waals surface area contributed by atoms with Gasteiger partial charge < -0.3 is 9.84 Å². The van der Waals surface area contributed by atoms with Crippen LogP contribution in [-0.4, -0.2) is 18.2 Å². The number of aromatic carboxylic acids is 1. The number of benzene rings is 1. The molecule has 1 aromatic carbocycles. The molecule has 1 aromatic rings. The molecule has 0 amide bonds. The van der Waals surface area contributed by atoms with E-state index in [0.29, 0.717) is 5.75 Å². The normalized spacial score (nSPS) is 8.14. The Morgan fingerprint density at radius 3 is 2.36 bits per heavy atom. The van der Waals surface area contributed by atoms with Crippen molar-refractivity contribution >= 4 is 30.8 Å². The zero-order valence-electron chi connectivity index (χ0n) is 7.19. The summed E-state index contributed by atoms with van der Waals surface area (Å²) >= 11 is 0. The lowest BCUT2D eigenvalue weighted by molar-refractivity contribution is 0.0692. The first-order valence-corrected chi connectivity index (χ1v) is 3.22. The van der Waals surface area contributed by atoms with E-state index in [-0.39, 0.29) is 30.4 Å². The molecule has 0 aromatic heterocycles. The average molecular weight is 243 g/mol. The van der Waals surface area contributed by atoms with Gasteiger partial charge in [-0.05, 0) is 12.1 Å². The minimum Gasteiger partial charge on any atom is -0.497 e. The lowest BCUT2D eigenvalue weighted by Crippen LogP contribution is -2.00. The van der Waals surface area contributed by atoms with Crippen molar-refractivity contribution in [1.29, 1.82) is 0 Å². The monoisotopic (exact) mass is 242 g/mol. The number of methoxy groups -OCH3 is 1. The Labute approximate surface area is 92.7 Å². The predicted octanol–water partition coefficient (Wildman–Crippen LogP) is 2.38. The van der Waals surface area contributed by atoms with Crippen LogP contribution in [0.25, 0.3) is 0 Å². The number of rotatable bonds is 2. The maximum atomic E-state index is 12.8. The summed E-state index contributed by atoms with van der Waals surface area (Å²) in [6, 6.07) is 3.59. The van der Waals surface area contributed by atoms with Gasteiger partial charge in [0.25, 0.3) is 0 Å². The maximum Gasteiger partial charge on any atom is 0.338 e. The molecule has 0 saturated carbocycles. The van der Waals surface area contributed by atoms with Crippen LogP contribution in [0.3, 0.4) is 0 Å². The molecular weight excluding hydrogens is 234 g/mol. The highest BCUT2D eigenvalue weighted by atomic mass is 35.5. The molecule has 1 rings (SSSR count). The van der Waals surface area contributed by atoms with Gasteiger partial charge in [-0.25, -0.2) is 9.18 Å².